The van der Waals surface area contributed by atoms with Crippen LogP contribution in [-0.4, -0.2) is 11.1 Å². The fourth-order valence-electron chi connectivity index (χ4n) is 0.503. The largest absolute Gasteiger partial charge is 0.477 e. The van der Waals surface area contributed by atoms with Gasteiger partial charge in [-0.3, -0.25) is 0 Å². The summed E-state index contributed by atoms with van der Waals surface area (Å²) in [6, 6.07) is 0. The van der Waals surface area contributed by atoms with E-state index in [-0.39, 0.29) is 14.4 Å². The van der Waals surface area contributed by atoms with Crippen molar-refractivity contribution in [2.75, 3.05) is 0 Å². The number of rotatable bonds is 1. The van der Waals surface area contributed by atoms with Crippen LogP contribution in [-0.2, 0) is 0 Å². The normalized spacial score (nSPS) is 10.1. The van der Waals surface area contributed by atoms with Crippen LogP contribution >= 0.6 is 38.9 Å². The lowest BCUT2D eigenvalue weighted by Gasteiger charge is -1.85. The van der Waals surface area contributed by atoms with Gasteiger partial charge in [0.25, 0.3) is 0 Å². The highest BCUT2D eigenvalue weighted by Gasteiger charge is 2.19. The molecule has 0 saturated heterocycles. The second-order valence-corrected chi connectivity index (χ2v) is 3.78. The van der Waals surface area contributed by atoms with Crippen molar-refractivity contribution in [3.05, 3.63) is 19.5 Å². The summed E-state index contributed by atoms with van der Waals surface area (Å²) in [5.41, 5.74) is 0. The minimum atomic E-state index is -1.22. The highest BCUT2D eigenvalue weighted by Crippen LogP contribution is 2.35. The fourth-order valence-corrected chi connectivity index (χ4v) is 2.06. The van der Waals surface area contributed by atoms with Crippen LogP contribution in [0.5, 0.6) is 0 Å². The highest BCUT2D eigenvalue weighted by atomic mass is 79.9. The van der Waals surface area contributed by atoms with Crippen molar-refractivity contribution in [3.63, 3.8) is 0 Å². The number of hydrogen-bond acceptors (Lipinski definition) is 2. The van der Waals surface area contributed by atoms with Gasteiger partial charge in [0.05, 0.1) is 9.50 Å². The van der Waals surface area contributed by atoms with E-state index in [1.807, 2.05) is 0 Å². The van der Waals surface area contributed by atoms with Gasteiger partial charge in [-0.1, -0.05) is 22.9 Å². The Balaban J connectivity index is 3.29. The Bertz CT molecular complexity index is 312. The second-order valence-electron chi connectivity index (χ2n) is 1.64. The third-order valence-electron chi connectivity index (χ3n) is 0.951. The van der Waals surface area contributed by atoms with Crippen molar-refractivity contribution in [3.8, 4) is 0 Å². The van der Waals surface area contributed by atoms with E-state index in [0.717, 1.165) is 0 Å². The molecule has 1 heterocycles. The van der Waals surface area contributed by atoms with Crippen LogP contribution in [0.4, 0.5) is 4.39 Å². The number of hydrogen-bond donors (Lipinski definition) is 1. The molecule has 0 spiro atoms. The minimum Gasteiger partial charge on any atom is -0.477 e. The standard InChI is InChI=1S/C5HBrClFO2S/c6-1-2(7)3(5(9)10)11-4(1)8/h(H,9,10). The SMILES string of the molecule is O=C(O)c1sc(F)c(Br)c1Cl. The lowest BCUT2D eigenvalue weighted by atomic mass is 10.5. The topological polar surface area (TPSA) is 37.3 Å². The van der Waals surface area contributed by atoms with E-state index in [2.05, 4.69) is 15.9 Å². The molecule has 0 aliphatic carbocycles. The minimum absolute atomic E-state index is 0.0153. The first-order chi connectivity index (χ1) is 5.04. The number of aromatic carboxylic acids is 1. The predicted molar refractivity (Wildman–Crippen MR) is 43.9 cm³/mol. The zero-order chi connectivity index (χ0) is 8.59. The van der Waals surface area contributed by atoms with Crippen LogP contribution < -0.4 is 0 Å². The molecule has 0 aliphatic rings. The monoisotopic (exact) mass is 258 g/mol. The van der Waals surface area contributed by atoms with Gasteiger partial charge >= 0.3 is 5.97 Å². The molecule has 11 heavy (non-hydrogen) atoms. The number of carboxylic acid groups (broad SMARTS) is 1. The molecule has 0 bridgehead atoms. The maximum atomic E-state index is 12.6. The van der Waals surface area contributed by atoms with Crippen molar-refractivity contribution < 1.29 is 14.3 Å². The van der Waals surface area contributed by atoms with Gasteiger partial charge in [0.1, 0.15) is 4.88 Å². The molecule has 0 saturated carbocycles. The maximum absolute atomic E-state index is 12.6. The molecule has 0 amide bonds. The Labute approximate surface area is 78.7 Å². The van der Waals surface area contributed by atoms with Gasteiger partial charge in [-0.2, -0.15) is 4.39 Å². The van der Waals surface area contributed by atoms with Crippen LogP contribution in [0.2, 0.25) is 5.02 Å². The zero-order valence-corrected chi connectivity index (χ0v) is 8.06. The van der Waals surface area contributed by atoms with Crippen LogP contribution in [0.1, 0.15) is 9.67 Å². The number of halogens is 3. The van der Waals surface area contributed by atoms with E-state index in [4.69, 9.17) is 16.7 Å². The lowest BCUT2D eigenvalue weighted by molar-refractivity contribution is 0.0702. The van der Waals surface area contributed by atoms with Crippen LogP contribution in [0.15, 0.2) is 4.47 Å². The average molecular weight is 259 g/mol. The number of carbonyl (C=O) groups is 1. The van der Waals surface area contributed by atoms with Gasteiger partial charge in [-0.25, -0.2) is 4.79 Å². The van der Waals surface area contributed by atoms with Crippen LogP contribution in [0.3, 0.4) is 0 Å². The van der Waals surface area contributed by atoms with E-state index in [9.17, 15) is 9.18 Å². The predicted octanol–water partition coefficient (Wildman–Crippen LogP) is 3.00. The fraction of sp³-hybridized carbons (Fsp3) is 0. The van der Waals surface area contributed by atoms with Gasteiger partial charge in [-0.05, 0) is 15.9 Å². The molecule has 0 fully saturated rings. The average Bonchev–Trinajstić information content (AvgIpc) is 2.17. The van der Waals surface area contributed by atoms with Gasteiger partial charge in [0.15, 0.2) is 5.13 Å². The van der Waals surface area contributed by atoms with Crippen molar-refractivity contribution in [1.82, 2.24) is 0 Å². The summed E-state index contributed by atoms with van der Waals surface area (Å²) >= 11 is 8.76. The molecule has 0 unspecified atom stereocenters. The summed E-state index contributed by atoms with van der Waals surface area (Å²) in [6.45, 7) is 0. The van der Waals surface area contributed by atoms with E-state index < -0.39 is 11.1 Å². The van der Waals surface area contributed by atoms with Crippen LogP contribution in [0.25, 0.3) is 0 Å². The molecule has 1 rings (SSSR count). The maximum Gasteiger partial charge on any atom is 0.347 e. The van der Waals surface area contributed by atoms with Crippen molar-refractivity contribution in [1.29, 1.82) is 0 Å². The van der Waals surface area contributed by atoms with E-state index in [1.54, 1.807) is 0 Å². The van der Waals surface area contributed by atoms with Gasteiger partial charge in [0.2, 0.25) is 0 Å². The first-order valence-electron chi connectivity index (χ1n) is 2.40. The molecule has 1 aromatic heterocycles. The molecule has 0 radical (unpaired) electrons. The van der Waals surface area contributed by atoms with Crippen molar-refractivity contribution in [2.24, 2.45) is 0 Å². The Hall–Kier alpha value is -0.130. The van der Waals surface area contributed by atoms with Gasteiger partial charge < -0.3 is 5.11 Å². The molecule has 2 nitrogen and oxygen atoms in total. The Kier molecular flexibility index (Phi) is 2.51. The molecular formula is C5HBrClFO2S. The summed E-state index contributed by atoms with van der Waals surface area (Å²) in [5.74, 6) is -1.22. The third kappa shape index (κ3) is 1.55. The molecule has 0 atom stereocenters. The van der Waals surface area contributed by atoms with E-state index in [1.165, 1.54) is 0 Å². The third-order valence-corrected chi connectivity index (χ3v) is 3.64. The summed E-state index contributed by atoms with van der Waals surface area (Å²) in [5, 5.41) is 7.74. The molecule has 60 valence electrons. The molecule has 0 aromatic carbocycles. The van der Waals surface area contributed by atoms with Crippen molar-refractivity contribution in [2.45, 2.75) is 0 Å². The van der Waals surface area contributed by atoms with Crippen LogP contribution in [0, 0.1) is 5.13 Å². The first-order valence-corrected chi connectivity index (χ1v) is 4.39. The van der Waals surface area contributed by atoms with E-state index >= 15 is 0 Å². The smallest absolute Gasteiger partial charge is 0.347 e. The van der Waals surface area contributed by atoms with Gasteiger partial charge in [0, 0.05) is 0 Å². The quantitative estimate of drug-likeness (QED) is 0.842. The molecule has 6 heteroatoms. The molecule has 1 aromatic rings. The zero-order valence-electron chi connectivity index (χ0n) is 4.90. The number of carboxylic acids is 1. The second kappa shape index (κ2) is 3.08. The van der Waals surface area contributed by atoms with Crippen molar-refractivity contribution >= 4 is 44.8 Å². The Morgan fingerprint density at radius 1 is 1.73 bits per heavy atom. The summed E-state index contributed by atoms with van der Waals surface area (Å²) in [6.07, 6.45) is 0. The van der Waals surface area contributed by atoms with E-state index in [0.29, 0.717) is 11.3 Å². The summed E-state index contributed by atoms with van der Waals surface area (Å²) < 4.78 is 12.6. The summed E-state index contributed by atoms with van der Waals surface area (Å²) in [7, 11) is 0. The Morgan fingerprint density at radius 2 is 2.27 bits per heavy atom. The first kappa shape index (κ1) is 8.96. The van der Waals surface area contributed by atoms with Gasteiger partial charge in [-0.15, -0.1) is 0 Å². The number of thiophene rings is 1. The molecule has 1 N–H and O–H groups in total. The Morgan fingerprint density at radius 3 is 2.45 bits per heavy atom. The highest BCUT2D eigenvalue weighted by molar-refractivity contribution is 9.10. The lowest BCUT2D eigenvalue weighted by Crippen LogP contribution is -1.91. The molecule has 0 aliphatic heterocycles. The summed E-state index contributed by atoms with van der Waals surface area (Å²) in [4.78, 5) is 10.1. The molecular weight excluding hydrogens is 258 g/mol.